The van der Waals surface area contributed by atoms with Crippen LogP contribution in [0.5, 0.6) is 0 Å². The summed E-state index contributed by atoms with van der Waals surface area (Å²) in [5, 5.41) is 0. The molecule has 0 aliphatic rings. The summed E-state index contributed by atoms with van der Waals surface area (Å²) in [5.41, 5.74) is 8.18. The molecule has 0 heteroatoms. The summed E-state index contributed by atoms with van der Waals surface area (Å²) in [6.07, 6.45) is 1.09. The Labute approximate surface area is 101 Å². The predicted molar refractivity (Wildman–Crippen MR) is 76.1 cm³/mol. The number of allylic oxidation sites excluding steroid dienone is 1. The van der Waals surface area contributed by atoms with Crippen LogP contribution in [-0.4, -0.2) is 0 Å². The second-order valence-corrected chi connectivity index (χ2v) is 4.11. The van der Waals surface area contributed by atoms with Gasteiger partial charge in [-0.1, -0.05) is 39.0 Å². The summed E-state index contributed by atoms with van der Waals surface area (Å²) < 4.78 is 0. The summed E-state index contributed by atoms with van der Waals surface area (Å²) in [6.45, 7) is 18.9. The van der Waals surface area contributed by atoms with Gasteiger partial charge in [-0.3, -0.25) is 0 Å². The highest BCUT2D eigenvalue weighted by atomic mass is 14.1. The molecule has 0 aliphatic heterocycles. The lowest BCUT2D eigenvalue weighted by Gasteiger charge is -2.16. The first-order valence-electron chi connectivity index (χ1n) is 6.24. The van der Waals surface area contributed by atoms with Crippen molar-refractivity contribution in [3.05, 3.63) is 40.5 Å². The van der Waals surface area contributed by atoms with Crippen LogP contribution in [0.2, 0.25) is 0 Å². The molecule has 0 spiro atoms. The summed E-state index contributed by atoms with van der Waals surface area (Å²) >= 11 is 0. The van der Waals surface area contributed by atoms with E-state index in [0.29, 0.717) is 0 Å². The fourth-order valence-corrected chi connectivity index (χ4v) is 2.04. The molecule has 16 heavy (non-hydrogen) atoms. The minimum Gasteiger partial charge on any atom is -0.0955 e. The second-order valence-electron chi connectivity index (χ2n) is 4.11. The van der Waals surface area contributed by atoms with Crippen molar-refractivity contribution in [1.82, 2.24) is 0 Å². The Hall–Kier alpha value is -1.04. The summed E-state index contributed by atoms with van der Waals surface area (Å²) in [5.74, 6) is 0. The van der Waals surface area contributed by atoms with Crippen molar-refractivity contribution in [3.63, 3.8) is 0 Å². The SMILES string of the molecule is C=C(C)c1c(CC)cc(C)c(C)c1C.CC. The summed E-state index contributed by atoms with van der Waals surface area (Å²) in [6, 6.07) is 2.30. The summed E-state index contributed by atoms with van der Waals surface area (Å²) in [7, 11) is 0. The first-order chi connectivity index (χ1) is 7.49. The van der Waals surface area contributed by atoms with Crippen molar-refractivity contribution in [3.8, 4) is 0 Å². The Morgan fingerprint density at radius 2 is 1.62 bits per heavy atom. The molecule has 0 N–H and O–H groups in total. The van der Waals surface area contributed by atoms with Gasteiger partial charge in [0.1, 0.15) is 0 Å². The minimum absolute atomic E-state index is 1.09. The van der Waals surface area contributed by atoms with Gasteiger partial charge in [-0.15, -0.1) is 0 Å². The van der Waals surface area contributed by atoms with Gasteiger partial charge in [0.15, 0.2) is 0 Å². The number of benzene rings is 1. The molecule has 0 aliphatic carbocycles. The lowest BCUT2D eigenvalue weighted by atomic mass is 9.89. The number of hydrogen-bond acceptors (Lipinski definition) is 0. The molecule has 0 saturated carbocycles. The van der Waals surface area contributed by atoms with Crippen molar-refractivity contribution in [2.45, 2.75) is 54.9 Å². The first-order valence-corrected chi connectivity index (χ1v) is 6.24. The average molecular weight is 218 g/mol. The fourth-order valence-electron chi connectivity index (χ4n) is 2.04. The monoisotopic (exact) mass is 218 g/mol. The van der Waals surface area contributed by atoms with Crippen LogP contribution in [0.4, 0.5) is 0 Å². The maximum Gasteiger partial charge on any atom is -0.0169 e. The molecule has 1 aromatic carbocycles. The van der Waals surface area contributed by atoms with Crippen molar-refractivity contribution < 1.29 is 0 Å². The van der Waals surface area contributed by atoms with Gasteiger partial charge < -0.3 is 0 Å². The van der Waals surface area contributed by atoms with Crippen LogP contribution in [0.25, 0.3) is 5.57 Å². The van der Waals surface area contributed by atoms with E-state index in [2.05, 4.69) is 47.3 Å². The molecule has 0 heterocycles. The standard InChI is InChI=1S/C14H20.C2H6/c1-7-13-8-10(4)11(5)12(6)14(13)9(2)3;1-2/h8H,2,7H2,1,3-6H3;1-2H3. The zero-order valence-electron chi connectivity index (χ0n) is 12.0. The smallest absolute Gasteiger partial charge is 0.0169 e. The lowest BCUT2D eigenvalue weighted by molar-refractivity contribution is 1.09. The highest BCUT2D eigenvalue weighted by Gasteiger charge is 2.09. The molecule has 0 saturated heterocycles. The maximum atomic E-state index is 4.07. The van der Waals surface area contributed by atoms with Gasteiger partial charge >= 0.3 is 0 Å². The third-order valence-electron chi connectivity index (χ3n) is 3.05. The van der Waals surface area contributed by atoms with Gasteiger partial charge in [0, 0.05) is 0 Å². The van der Waals surface area contributed by atoms with E-state index in [1.165, 1.54) is 33.4 Å². The molecule has 0 fully saturated rings. The van der Waals surface area contributed by atoms with Crippen LogP contribution in [0.1, 0.15) is 55.5 Å². The second kappa shape index (κ2) is 6.52. The molecule has 0 atom stereocenters. The van der Waals surface area contributed by atoms with Crippen molar-refractivity contribution in [1.29, 1.82) is 0 Å². The van der Waals surface area contributed by atoms with Gasteiger partial charge in [0.25, 0.3) is 0 Å². The third kappa shape index (κ3) is 2.98. The van der Waals surface area contributed by atoms with E-state index in [9.17, 15) is 0 Å². The van der Waals surface area contributed by atoms with Crippen LogP contribution in [0.15, 0.2) is 12.6 Å². The van der Waals surface area contributed by atoms with Gasteiger partial charge in [0.2, 0.25) is 0 Å². The topological polar surface area (TPSA) is 0 Å². The quantitative estimate of drug-likeness (QED) is 0.637. The van der Waals surface area contributed by atoms with Crippen LogP contribution in [0, 0.1) is 20.8 Å². The molecule has 0 nitrogen and oxygen atoms in total. The molecular weight excluding hydrogens is 192 g/mol. The Kier molecular flexibility index (Phi) is 6.10. The number of hydrogen-bond donors (Lipinski definition) is 0. The van der Waals surface area contributed by atoms with Crippen molar-refractivity contribution in [2.75, 3.05) is 0 Å². The van der Waals surface area contributed by atoms with Gasteiger partial charge in [-0.05, 0) is 61.9 Å². The molecule has 1 rings (SSSR count). The van der Waals surface area contributed by atoms with Crippen LogP contribution in [0.3, 0.4) is 0 Å². The normalized spacial score (nSPS) is 9.44. The zero-order chi connectivity index (χ0) is 12.9. The third-order valence-corrected chi connectivity index (χ3v) is 3.05. The van der Waals surface area contributed by atoms with Gasteiger partial charge in [-0.2, -0.15) is 0 Å². The first kappa shape index (κ1) is 15.0. The van der Waals surface area contributed by atoms with Crippen LogP contribution >= 0.6 is 0 Å². The molecule has 0 bridgehead atoms. The highest BCUT2D eigenvalue weighted by molar-refractivity contribution is 5.69. The highest BCUT2D eigenvalue weighted by Crippen LogP contribution is 2.27. The Morgan fingerprint density at radius 1 is 1.12 bits per heavy atom. The van der Waals surface area contributed by atoms with Crippen LogP contribution < -0.4 is 0 Å². The Morgan fingerprint density at radius 3 is 2.00 bits per heavy atom. The molecule has 0 unspecified atom stereocenters. The molecule has 1 aromatic rings. The van der Waals surface area contributed by atoms with Crippen molar-refractivity contribution in [2.24, 2.45) is 0 Å². The number of rotatable bonds is 2. The zero-order valence-corrected chi connectivity index (χ0v) is 12.0. The van der Waals surface area contributed by atoms with Gasteiger partial charge in [-0.25, -0.2) is 0 Å². The fraction of sp³-hybridized carbons (Fsp3) is 0.500. The molecule has 0 radical (unpaired) electrons. The van der Waals surface area contributed by atoms with E-state index in [4.69, 9.17) is 0 Å². The molecular formula is C16H26. The maximum absolute atomic E-state index is 4.07. The average Bonchev–Trinajstić information content (AvgIpc) is 2.27. The largest absolute Gasteiger partial charge is 0.0955 e. The van der Waals surface area contributed by atoms with E-state index in [0.717, 1.165) is 6.42 Å². The van der Waals surface area contributed by atoms with E-state index in [-0.39, 0.29) is 0 Å². The van der Waals surface area contributed by atoms with Crippen molar-refractivity contribution >= 4 is 5.57 Å². The Bertz CT molecular complexity index is 370. The van der Waals surface area contributed by atoms with Crippen LogP contribution in [-0.2, 0) is 6.42 Å². The molecule has 90 valence electrons. The minimum atomic E-state index is 1.09. The molecule has 0 amide bonds. The number of aryl methyl sites for hydroxylation is 2. The van der Waals surface area contributed by atoms with E-state index in [1.807, 2.05) is 13.8 Å². The summed E-state index contributed by atoms with van der Waals surface area (Å²) in [4.78, 5) is 0. The Balaban J connectivity index is 0.00000106. The van der Waals surface area contributed by atoms with E-state index < -0.39 is 0 Å². The van der Waals surface area contributed by atoms with E-state index in [1.54, 1.807) is 0 Å². The van der Waals surface area contributed by atoms with E-state index >= 15 is 0 Å². The predicted octanol–water partition coefficient (Wildman–Crippen LogP) is 5.23. The van der Waals surface area contributed by atoms with Gasteiger partial charge in [0.05, 0.1) is 0 Å². The lowest BCUT2D eigenvalue weighted by Crippen LogP contribution is -1.99. The molecule has 0 aromatic heterocycles.